The van der Waals surface area contributed by atoms with E-state index in [0.29, 0.717) is 0 Å². The lowest BCUT2D eigenvalue weighted by Crippen LogP contribution is -2.13. The fraction of sp³-hybridized carbons (Fsp3) is 0.636. The molecule has 0 aliphatic carbocycles. The van der Waals surface area contributed by atoms with E-state index in [0.717, 1.165) is 35.3 Å². The molecule has 3 rings (SSSR count). The number of fused-ring (bicyclic) bond motifs is 3. The third-order valence-electron chi connectivity index (χ3n) is 3.09. The zero-order valence-corrected chi connectivity index (χ0v) is 14.4. The lowest BCUT2D eigenvalue weighted by molar-refractivity contribution is 0.745. The summed E-state index contributed by atoms with van der Waals surface area (Å²) in [5.74, 6) is 4.17. The number of anilines is 1. The van der Waals surface area contributed by atoms with Gasteiger partial charge in [-0.15, -0.1) is 11.8 Å². The van der Waals surface area contributed by atoms with E-state index < -0.39 is 5.54 Å². The van der Waals surface area contributed by atoms with Crippen molar-refractivity contribution in [2.45, 2.75) is 33.2 Å². The highest BCUT2D eigenvalue weighted by Crippen LogP contribution is 2.62. The SMILES string of the molecule is CCSC1=N[P@@](=S)(SCC)Nc2nc3n(c21)CCC3. The number of hydrogen-bond donors (Lipinski definition) is 1. The molecule has 8 heteroatoms. The third kappa shape index (κ3) is 2.50. The Morgan fingerprint density at radius 2 is 2.26 bits per heavy atom. The van der Waals surface area contributed by atoms with Crippen LogP contribution in [0, 0.1) is 0 Å². The van der Waals surface area contributed by atoms with Gasteiger partial charge in [-0.3, -0.25) is 0 Å². The number of nitrogens with one attached hydrogen (secondary N) is 1. The van der Waals surface area contributed by atoms with Crippen molar-refractivity contribution in [3.8, 4) is 0 Å². The van der Waals surface area contributed by atoms with Crippen LogP contribution in [-0.4, -0.2) is 26.1 Å². The predicted octanol–water partition coefficient (Wildman–Crippen LogP) is 3.73. The fourth-order valence-electron chi connectivity index (χ4n) is 2.42. The van der Waals surface area contributed by atoms with Crippen LogP contribution in [0.4, 0.5) is 5.82 Å². The van der Waals surface area contributed by atoms with E-state index in [2.05, 4.69) is 23.5 Å². The van der Waals surface area contributed by atoms with E-state index in [-0.39, 0.29) is 0 Å². The van der Waals surface area contributed by atoms with E-state index in [4.69, 9.17) is 21.6 Å². The van der Waals surface area contributed by atoms with Crippen molar-refractivity contribution in [2.75, 3.05) is 16.6 Å². The molecule has 2 aliphatic rings. The molecule has 1 aromatic heterocycles. The second-order valence-corrected chi connectivity index (χ2v) is 12.6. The van der Waals surface area contributed by atoms with E-state index >= 15 is 0 Å². The van der Waals surface area contributed by atoms with Gasteiger partial charge in [-0.1, -0.05) is 25.2 Å². The molecule has 3 heterocycles. The van der Waals surface area contributed by atoms with Crippen LogP contribution >= 0.6 is 28.7 Å². The van der Waals surface area contributed by atoms with Gasteiger partial charge in [0.1, 0.15) is 16.6 Å². The smallest absolute Gasteiger partial charge is 0.198 e. The van der Waals surface area contributed by atoms with Crippen LogP contribution in [0.3, 0.4) is 0 Å². The first-order valence-electron chi connectivity index (χ1n) is 6.52. The highest BCUT2D eigenvalue weighted by Gasteiger charge is 2.32. The van der Waals surface area contributed by atoms with Crippen molar-refractivity contribution in [3.63, 3.8) is 0 Å². The summed E-state index contributed by atoms with van der Waals surface area (Å²) >= 11 is 9.28. The Labute approximate surface area is 127 Å². The molecule has 0 spiro atoms. The standard InChI is InChI=1S/C11H17N4PS3/c1-3-18-11-9-10(12-8-6-5-7-15(8)9)13-16(17,14-11)19-4-2/h3-7H2,1-2H3,(H,13,14,17)/t16-/m0/s1. The maximum absolute atomic E-state index is 5.74. The number of imidazole rings is 1. The molecular formula is C11H17N4PS3. The zero-order chi connectivity index (χ0) is 13.5. The second-order valence-electron chi connectivity index (χ2n) is 4.37. The Morgan fingerprint density at radius 1 is 1.42 bits per heavy atom. The third-order valence-corrected chi connectivity index (χ3v) is 9.44. The van der Waals surface area contributed by atoms with E-state index in [9.17, 15) is 0 Å². The van der Waals surface area contributed by atoms with Gasteiger partial charge < -0.3 is 9.65 Å². The Morgan fingerprint density at radius 3 is 3.00 bits per heavy atom. The minimum absolute atomic E-state index is 0.977. The minimum atomic E-state index is -1.93. The summed E-state index contributed by atoms with van der Waals surface area (Å²) in [7, 11) is 0. The van der Waals surface area contributed by atoms with Gasteiger partial charge in [0.25, 0.3) is 0 Å². The predicted molar refractivity (Wildman–Crippen MR) is 91.3 cm³/mol. The molecule has 0 bridgehead atoms. The van der Waals surface area contributed by atoms with Crippen LogP contribution in [0.2, 0.25) is 0 Å². The summed E-state index contributed by atoms with van der Waals surface area (Å²) in [5, 5.41) is 4.55. The first-order valence-corrected chi connectivity index (χ1v) is 11.9. The maximum Gasteiger partial charge on any atom is 0.198 e. The topological polar surface area (TPSA) is 42.2 Å². The summed E-state index contributed by atoms with van der Waals surface area (Å²) in [6.07, 6.45) is 2.26. The van der Waals surface area contributed by atoms with Gasteiger partial charge in [-0.05, 0) is 29.7 Å². The molecular weight excluding hydrogens is 315 g/mol. The van der Waals surface area contributed by atoms with Crippen LogP contribution in [-0.2, 0) is 24.8 Å². The highest BCUT2D eigenvalue weighted by molar-refractivity contribution is 8.71. The number of aryl methyl sites for hydroxylation is 1. The Hall–Kier alpha value is 0.0300. The van der Waals surface area contributed by atoms with Crippen molar-refractivity contribution in [2.24, 2.45) is 4.76 Å². The van der Waals surface area contributed by atoms with Gasteiger partial charge in [-0.2, -0.15) is 0 Å². The molecule has 0 saturated carbocycles. The van der Waals surface area contributed by atoms with Crippen molar-refractivity contribution in [1.29, 1.82) is 0 Å². The number of hydrogen-bond acceptors (Lipinski definition) is 4. The molecule has 0 aromatic carbocycles. The fourth-order valence-corrected chi connectivity index (χ4v) is 8.60. The Bertz CT molecular complexity index is 581. The normalized spacial score (nSPS) is 24.6. The summed E-state index contributed by atoms with van der Waals surface area (Å²) in [4.78, 5) is 4.75. The molecule has 4 nitrogen and oxygen atoms in total. The summed E-state index contributed by atoms with van der Waals surface area (Å²) in [6.45, 7) is 5.35. The first-order chi connectivity index (χ1) is 9.17. The Kier molecular flexibility index (Phi) is 4.00. The van der Waals surface area contributed by atoms with E-state index in [1.54, 1.807) is 23.1 Å². The first kappa shape index (κ1) is 14.0. The van der Waals surface area contributed by atoms with Gasteiger partial charge in [0.2, 0.25) is 0 Å². The number of aromatic nitrogens is 2. The van der Waals surface area contributed by atoms with Gasteiger partial charge in [0.15, 0.2) is 11.4 Å². The molecule has 1 aromatic rings. The van der Waals surface area contributed by atoms with Crippen LogP contribution in [0.15, 0.2) is 4.76 Å². The summed E-state index contributed by atoms with van der Waals surface area (Å²) in [6, 6.07) is 0. The summed E-state index contributed by atoms with van der Waals surface area (Å²) < 4.78 is 7.20. The van der Waals surface area contributed by atoms with Gasteiger partial charge in [-0.25, -0.2) is 9.75 Å². The van der Waals surface area contributed by atoms with Crippen molar-refractivity contribution >= 4 is 51.4 Å². The number of rotatable bonds is 3. The van der Waals surface area contributed by atoms with Crippen molar-refractivity contribution in [1.82, 2.24) is 9.55 Å². The molecule has 0 amide bonds. The number of thioether (sulfide) groups is 1. The molecule has 0 radical (unpaired) electrons. The summed E-state index contributed by atoms with van der Waals surface area (Å²) in [5.41, 5.74) is -0.756. The van der Waals surface area contributed by atoms with Crippen molar-refractivity contribution < 1.29 is 0 Å². The van der Waals surface area contributed by atoms with Crippen LogP contribution in [0.25, 0.3) is 0 Å². The molecule has 1 atom stereocenters. The molecule has 19 heavy (non-hydrogen) atoms. The molecule has 0 saturated heterocycles. The lowest BCUT2D eigenvalue weighted by Gasteiger charge is -2.24. The maximum atomic E-state index is 5.74. The molecule has 0 fully saturated rings. The molecule has 1 N–H and O–H groups in total. The van der Waals surface area contributed by atoms with Crippen LogP contribution < -0.4 is 5.09 Å². The molecule has 0 unspecified atom stereocenters. The van der Waals surface area contributed by atoms with E-state index in [1.165, 1.54) is 17.9 Å². The lowest BCUT2D eigenvalue weighted by atomic mass is 10.3. The quantitative estimate of drug-likeness (QED) is 0.854. The molecule has 104 valence electrons. The Balaban J connectivity index is 2.07. The minimum Gasteiger partial charge on any atom is -0.324 e. The van der Waals surface area contributed by atoms with Crippen molar-refractivity contribution in [3.05, 3.63) is 11.5 Å². The average molecular weight is 332 g/mol. The van der Waals surface area contributed by atoms with Gasteiger partial charge >= 0.3 is 0 Å². The second kappa shape index (κ2) is 5.43. The number of nitrogens with zero attached hydrogens (tertiary/aromatic N) is 3. The zero-order valence-electron chi connectivity index (χ0n) is 11.0. The largest absolute Gasteiger partial charge is 0.324 e. The van der Waals surface area contributed by atoms with E-state index in [1.807, 2.05) is 0 Å². The van der Waals surface area contributed by atoms with Gasteiger partial charge in [0, 0.05) is 13.0 Å². The van der Waals surface area contributed by atoms with Crippen LogP contribution in [0.5, 0.6) is 0 Å². The average Bonchev–Trinajstić information content (AvgIpc) is 2.88. The highest BCUT2D eigenvalue weighted by atomic mass is 32.9. The monoisotopic (exact) mass is 332 g/mol. The van der Waals surface area contributed by atoms with Crippen LogP contribution in [0.1, 0.15) is 31.8 Å². The van der Waals surface area contributed by atoms with Gasteiger partial charge in [0.05, 0.1) is 0 Å². The molecule has 2 aliphatic heterocycles.